The zero-order valence-electron chi connectivity index (χ0n) is 7.15. The molecule has 0 spiro atoms. The summed E-state index contributed by atoms with van der Waals surface area (Å²) in [6.45, 7) is 2.14. The van der Waals surface area contributed by atoms with Gasteiger partial charge in [-0.2, -0.15) is 5.10 Å². The lowest BCUT2D eigenvalue weighted by molar-refractivity contribution is 0.0517. The number of imidazole rings is 1. The lowest BCUT2D eigenvalue weighted by Crippen LogP contribution is -2.07. The molecular formula is C8H9N3O2. The highest BCUT2D eigenvalue weighted by Crippen LogP contribution is 2.05. The number of nitrogens with zero attached hydrogens (tertiary/aromatic N) is 2. The number of hydrogen-bond donors (Lipinski definition) is 1. The van der Waals surface area contributed by atoms with Gasteiger partial charge in [-0.3, -0.25) is 0 Å². The number of hydrogen-bond acceptors (Lipinski definition) is 3. The van der Waals surface area contributed by atoms with Crippen LogP contribution >= 0.6 is 0 Å². The Labute approximate surface area is 74.3 Å². The van der Waals surface area contributed by atoms with Crippen molar-refractivity contribution in [2.24, 2.45) is 0 Å². The third-order valence-corrected chi connectivity index (χ3v) is 1.71. The first-order chi connectivity index (χ1) is 6.33. The van der Waals surface area contributed by atoms with E-state index in [1.165, 1.54) is 4.52 Å². The number of fused-ring (bicyclic) bond motifs is 1. The van der Waals surface area contributed by atoms with Gasteiger partial charge in [-0.15, -0.1) is 0 Å². The van der Waals surface area contributed by atoms with Crippen LogP contribution in [0.5, 0.6) is 0 Å². The van der Waals surface area contributed by atoms with Crippen molar-refractivity contribution in [3.8, 4) is 0 Å². The average Bonchev–Trinajstić information content (AvgIpc) is 2.62. The molecule has 0 amide bonds. The zero-order chi connectivity index (χ0) is 9.26. The molecule has 5 heteroatoms. The second-order valence-electron chi connectivity index (χ2n) is 2.52. The molecule has 0 unspecified atom stereocenters. The van der Waals surface area contributed by atoms with E-state index in [0.29, 0.717) is 12.3 Å². The average molecular weight is 179 g/mol. The van der Waals surface area contributed by atoms with Crippen molar-refractivity contribution in [3.05, 3.63) is 24.2 Å². The van der Waals surface area contributed by atoms with E-state index < -0.39 is 0 Å². The molecule has 0 aliphatic carbocycles. The molecule has 2 aromatic rings. The SMILES string of the molecule is CCOC(=O)c1c[nH]c2ccnn12. The monoisotopic (exact) mass is 179 g/mol. The largest absolute Gasteiger partial charge is 0.461 e. The Morgan fingerprint density at radius 2 is 2.62 bits per heavy atom. The van der Waals surface area contributed by atoms with Crippen molar-refractivity contribution in [2.45, 2.75) is 6.92 Å². The van der Waals surface area contributed by atoms with E-state index in [1.54, 1.807) is 25.4 Å². The molecule has 0 aromatic carbocycles. The summed E-state index contributed by atoms with van der Waals surface area (Å²) in [5.74, 6) is -0.363. The third-order valence-electron chi connectivity index (χ3n) is 1.71. The van der Waals surface area contributed by atoms with Crippen LogP contribution in [0.15, 0.2) is 18.5 Å². The van der Waals surface area contributed by atoms with Gasteiger partial charge in [0.1, 0.15) is 5.65 Å². The Bertz CT molecular complexity index is 429. The minimum absolute atomic E-state index is 0.363. The highest BCUT2D eigenvalue weighted by molar-refractivity contribution is 5.88. The van der Waals surface area contributed by atoms with Gasteiger partial charge in [0.15, 0.2) is 5.69 Å². The van der Waals surface area contributed by atoms with E-state index in [9.17, 15) is 4.79 Å². The van der Waals surface area contributed by atoms with Gasteiger partial charge in [-0.1, -0.05) is 0 Å². The summed E-state index contributed by atoms with van der Waals surface area (Å²) >= 11 is 0. The Balaban J connectivity index is 2.42. The Hall–Kier alpha value is -1.78. The van der Waals surface area contributed by atoms with E-state index in [4.69, 9.17) is 4.74 Å². The van der Waals surface area contributed by atoms with Crippen molar-refractivity contribution in [1.29, 1.82) is 0 Å². The van der Waals surface area contributed by atoms with Crippen LogP contribution in [0.1, 0.15) is 17.4 Å². The highest BCUT2D eigenvalue weighted by Gasteiger charge is 2.12. The van der Waals surface area contributed by atoms with Crippen LogP contribution in [0, 0.1) is 0 Å². The highest BCUT2D eigenvalue weighted by atomic mass is 16.5. The van der Waals surface area contributed by atoms with E-state index in [-0.39, 0.29) is 5.97 Å². The number of H-pyrrole nitrogens is 1. The molecule has 0 bridgehead atoms. The second-order valence-corrected chi connectivity index (χ2v) is 2.52. The summed E-state index contributed by atoms with van der Waals surface area (Å²) in [7, 11) is 0. The first-order valence-corrected chi connectivity index (χ1v) is 4.01. The van der Waals surface area contributed by atoms with Crippen molar-refractivity contribution in [3.63, 3.8) is 0 Å². The quantitative estimate of drug-likeness (QED) is 0.695. The predicted octanol–water partition coefficient (Wildman–Crippen LogP) is 0.839. The first kappa shape index (κ1) is 7.85. The molecule has 0 aliphatic rings. The molecule has 0 fully saturated rings. The number of aromatic amines is 1. The van der Waals surface area contributed by atoms with E-state index in [0.717, 1.165) is 5.65 Å². The van der Waals surface area contributed by atoms with Gasteiger partial charge < -0.3 is 9.72 Å². The maximum absolute atomic E-state index is 11.3. The number of carbonyl (C=O) groups excluding carboxylic acids is 1. The summed E-state index contributed by atoms with van der Waals surface area (Å²) in [4.78, 5) is 14.2. The predicted molar refractivity (Wildman–Crippen MR) is 45.5 cm³/mol. The zero-order valence-corrected chi connectivity index (χ0v) is 7.15. The minimum Gasteiger partial charge on any atom is -0.461 e. The normalized spacial score (nSPS) is 10.5. The smallest absolute Gasteiger partial charge is 0.358 e. The molecular weight excluding hydrogens is 170 g/mol. The van der Waals surface area contributed by atoms with Gasteiger partial charge >= 0.3 is 5.97 Å². The fourth-order valence-corrected chi connectivity index (χ4v) is 1.16. The minimum atomic E-state index is -0.363. The Kier molecular flexibility index (Phi) is 1.77. The summed E-state index contributed by atoms with van der Waals surface area (Å²) in [6, 6.07) is 1.78. The molecule has 0 saturated carbocycles. The summed E-state index contributed by atoms with van der Waals surface area (Å²) in [5.41, 5.74) is 1.20. The first-order valence-electron chi connectivity index (χ1n) is 4.01. The second kappa shape index (κ2) is 2.93. The van der Waals surface area contributed by atoms with E-state index >= 15 is 0 Å². The molecule has 13 heavy (non-hydrogen) atoms. The topological polar surface area (TPSA) is 59.4 Å². The molecule has 2 heterocycles. The van der Waals surface area contributed by atoms with Gasteiger partial charge in [0.2, 0.25) is 0 Å². The molecule has 5 nitrogen and oxygen atoms in total. The van der Waals surface area contributed by atoms with Gasteiger partial charge in [0.25, 0.3) is 0 Å². The molecule has 0 saturated heterocycles. The number of rotatable bonds is 2. The molecule has 0 radical (unpaired) electrons. The van der Waals surface area contributed by atoms with Crippen molar-refractivity contribution < 1.29 is 9.53 Å². The summed E-state index contributed by atoms with van der Waals surface area (Å²) in [6.07, 6.45) is 3.20. The lowest BCUT2D eigenvalue weighted by atomic mass is 10.5. The standard InChI is InChI=1S/C8H9N3O2/c1-2-13-8(12)6-5-9-7-3-4-10-11(6)7/h3-5,9H,2H2,1H3. The van der Waals surface area contributed by atoms with Crippen molar-refractivity contribution in [2.75, 3.05) is 6.61 Å². The number of ether oxygens (including phenoxy) is 1. The van der Waals surface area contributed by atoms with Crippen LogP contribution in [0.25, 0.3) is 5.65 Å². The summed E-state index contributed by atoms with van der Waals surface area (Å²) in [5, 5.41) is 3.97. The summed E-state index contributed by atoms with van der Waals surface area (Å²) < 4.78 is 6.36. The number of carbonyl (C=O) groups is 1. The van der Waals surface area contributed by atoms with Gasteiger partial charge in [0.05, 0.1) is 12.8 Å². The lowest BCUT2D eigenvalue weighted by Gasteiger charge is -1.97. The molecule has 0 aliphatic heterocycles. The van der Waals surface area contributed by atoms with Gasteiger partial charge in [-0.25, -0.2) is 9.31 Å². The fraction of sp³-hybridized carbons (Fsp3) is 0.250. The van der Waals surface area contributed by atoms with Crippen LogP contribution in [0.2, 0.25) is 0 Å². The molecule has 2 rings (SSSR count). The Morgan fingerprint density at radius 1 is 1.77 bits per heavy atom. The van der Waals surface area contributed by atoms with Crippen LogP contribution < -0.4 is 0 Å². The van der Waals surface area contributed by atoms with Crippen molar-refractivity contribution in [1.82, 2.24) is 14.6 Å². The van der Waals surface area contributed by atoms with Crippen molar-refractivity contribution >= 4 is 11.6 Å². The van der Waals surface area contributed by atoms with E-state index in [1.807, 2.05) is 0 Å². The van der Waals surface area contributed by atoms with Gasteiger partial charge in [-0.05, 0) is 6.92 Å². The maximum Gasteiger partial charge on any atom is 0.358 e. The van der Waals surface area contributed by atoms with Crippen LogP contribution in [-0.2, 0) is 4.74 Å². The number of aromatic nitrogens is 3. The molecule has 0 atom stereocenters. The molecule has 68 valence electrons. The molecule has 2 aromatic heterocycles. The molecule has 1 N–H and O–H groups in total. The van der Waals surface area contributed by atoms with Gasteiger partial charge in [0, 0.05) is 12.3 Å². The van der Waals surface area contributed by atoms with Crippen LogP contribution in [0.4, 0.5) is 0 Å². The maximum atomic E-state index is 11.3. The Morgan fingerprint density at radius 3 is 3.38 bits per heavy atom. The third kappa shape index (κ3) is 1.18. The van der Waals surface area contributed by atoms with E-state index in [2.05, 4.69) is 10.1 Å². The number of nitrogens with one attached hydrogen (secondary N) is 1. The van der Waals surface area contributed by atoms with Crippen LogP contribution in [0.3, 0.4) is 0 Å². The number of esters is 1. The van der Waals surface area contributed by atoms with Crippen LogP contribution in [-0.4, -0.2) is 27.2 Å². The fourth-order valence-electron chi connectivity index (χ4n) is 1.16.